The lowest BCUT2D eigenvalue weighted by molar-refractivity contribution is -0.117. The minimum Gasteiger partial charge on any atom is -0.369 e. The predicted molar refractivity (Wildman–Crippen MR) is 129 cm³/mol. The molecule has 2 aromatic heterocycles. The molecule has 0 aliphatic carbocycles. The Morgan fingerprint density at radius 2 is 1.94 bits per heavy atom. The first-order chi connectivity index (χ1) is 15.5. The number of piperidine rings is 1. The summed E-state index contributed by atoms with van der Waals surface area (Å²) in [5.74, 6) is 0.672. The van der Waals surface area contributed by atoms with E-state index < -0.39 is 0 Å². The maximum absolute atomic E-state index is 11.3. The molecule has 0 saturated carbocycles. The molecular weight excluding hydrogens is 400 g/mol. The number of hydrogen-bond acceptors (Lipinski definition) is 6. The normalized spacial score (nSPS) is 15.0. The van der Waals surface area contributed by atoms with Gasteiger partial charge in [-0.25, -0.2) is 9.97 Å². The van der Waals surface area contributed by atoms with Crippen molar-refractivity contribution >= 4 is 17.5 Å². The zero-order valence-corrected chi connectivity index (χ0v) is 18.7. The molecule has 0 aromatic carbocycles. The molecule has 0 bridgehead atoms. The number of primary amides is 1. The van der Waals surface area contributed by atoms with Crippen molar-refractivity contribution in [1.82, 2.24) is 20.3 Å². The standard InChI is InChI=1S/C25H32N6O/c1-4-18(19(5-2)14-24(26)32)6-8-22-17(3)15-29-25(31-22)30-21-7-9-23(28-16-21)20-10-12-27-13-11-20/h4-5,7,9,15-16,20,27H,1-2,6,8,10-14H2,3H3,(H2,26,32)(H,29,30,31)/b19-18-. The first-order valence-electron chi connectivity index (χ1n) is 11.0. The quantitative estimate of drug-likeness (QED) is 0.492. The smallest absolute Gasteiger partial charge is 0.227 e. The van der Waals surface area contributed by atoms with E-state index in [9.17, 15) is 4.79 Å². The number of nitrogens with two attached hydrogens (primary N) is 1. The van der Waals surface area contributed by atoms with Gasteiger partial charge in [-0.15, -0.1) is 0 Å². The van der Waals surface area contributed by atoms with Gasteiger partial charge in [-0.05, 0) is 74.5 Å². The second kappa shape index (κ2) is 11.3. The number of aromatic nitrogens is 3. The third-order valence-corrected chi connectivity index (χ3v) is 5.78. The number of hydrogen-bond donors (Lipinski definition) is 3. The van der Waals surface area contributed by atoms with Gasteiger partial charge < -0.3 is 16.4 Å². The van der Waals surface area contributed by atoms with E-state index in [1.807, 2.05) is 25.4 Å². The van der Waals surface area contributed by atoms with Gasteiger partial charge in [0.1, 0.15) is 0 Å². The highest BCUT2D eigenvalue weighted by atomic mass is 16.1. The van der Waals surface area contributed by atoms with Gasteiger partial charge in [-0.2, -0.15) is 0 Å². The average molecular weight is 433 g/mol. The van der Waals surface area contributed by atoms with Crippen molar-refractivity contribution in [3.8, 4) is 0 Å². The van der Waals surface area contributed by atoms with Gasteiger partial charge in [0.25, 0.3) is 0 Å². The van der Waals surface area contributed by atoms with Gasteiger partial charge in [0.15, 0.2) is 0 Å². The average Bonchev–Trinajstić information content (AvgIpc) is 2.81. The van der Waals surface area contributed by atoms with E-state index in [0.717, 1.165) is 59.7 Å². The molecule has 3 rings (SSSR count). The van der Waals surface area contributed by atoms with Crippen molar-refractivity contribution in [3.63, 3.8) is 0 Å². The molecule has 3 heterocycles. The van der Waals surface area contributed by atoms with Crippen molar-refractivity contribution in [1.29, 1.82) is 0 Å². The van der Waals surface area contributed by atoms with Crippen molar-refractivity contribution in [3.05, 3.63) is 77.9 Å². The molecule has 2 aromatic rings. The molecule has 0 spiro atoms. The van der Waals surface area contributed by atoms with E-state index in [4.69, 9.17) is 10.7 Å². The van der Waals surface area contributed by atoms with Gasteiger partial charge in [-0.1, -0.05) is 25.3 Å². The number of carbonyl (C=O) groups is 1. The highest BCUT2D eigenvalue weighted by Crippen LogP contribution is 2.25. The number of nitrogens with zero attached hydrogens (tertiary/aromatic N) is 3. The molecule has 168 valence electrons. The first kappa shape index (κ1) is 23.3. The van der Waals surface area contributed by atoms with E-state index in [0.29, 0.717) is 24.7 Å². The number of pyridine rings is 1. The summed E-state index contributed by atoms with van der Waals surface area (Å²) in [5.41, 5.74) is 11.0. The minimum absolute atomic E-state index is 0.154. The molecule has 1 aliphatic rings. The van der Waals surface area contributed by atoms with Crippen LogP contribution in [0.25, 0.3) is 0 Å². The van der Waals surface area contributed by atoms with Crippen LogP contribution in [-0.4, -0.2) is 33.9 Å². The number of anilines is 2. The van der Waals surface area contributed by atoms with Crippen molar-refractivity contribution in [2.24, 2.45) is 5.73 Å². The molecule has 7 nitrogen and oxygen atoms in total. The number of carbonyl (C=O) groups excluding carboxylic acids is 1. The molecule has 4 N–H and O–H groups in total. The summed E-state index contributed by atoms with van der Waals surface area (Å²) in [4.78, 5) is 25.1. The third kappa shape index (κ3) is 6.34. The highest BCUT2D eigenvalue weighted by molar-refractivity contribution is 5.77. The van der Waals surface area contributed by atoms with Crippen LogP contribution in [0.15, 0.2) is 61.0 Å². The zero-order valence-electron chi connectivity index (χ0n) is 18.7. The molecule has 1 fully saturated rings. The van der Waals surface area contributed by atoms with Gasteiger partial charge >= 0.3 is 0 Å². The largest absolute Gasteiger partial charge is 0.369 e. The van der Waals surface area contributed by atoms with Crippen LogP contribution in [0.4, 0.5) is 11.6 Å². The monoisotopic (exact) mass is 432 g/mol. The second-order valence-electron chi connectivity index (χ2n) is 8.05. The number of nitrogens with one attached hydrogen (secondary N) is 2. The summed E-state index contributed by atoms with van der Waals surface area (Å²) in [5, 5.41) is 6.64. The van der Waals surface area contributed by atoms with E-state index >= 15 is 0 Å². The van der Waals surface area contributed by atoms with Crippen LogP contribution in [0, 0.1) is 6.92 Å². The predicted octanol–water partition coefficient (Wildman–Crippen LogP) is 3.87. The lowest BCUT2D eigenvalue weighted by Crippen LogP contribution is -2.27. The topological polar surface area (TPSA) is 106 Å². The summed E-state index contributed by atoms with van der Waals surface area (Å²) in [6.45, 7) is 11.8. The molecule has 7 heteroatoms. The van der Waals surface area contributed by atoms with Gasteiger partial charge in [-0.3, -0.25) is 9.78 Å². The Morgan fingerprint density at radius 3 is 2.56 bits per heavy atom. The number of aryl methyl sites for hydroxylation is 2. The van der Waals surface area contributed by atoms with Crippen LogP contribution in [-0.2, 0) is 11.2 Å². The van der Waals surface area contributed by atoms with E-state index in [2.05, 4.69) is 39.8 Å². The van der Waals surface area contributed by atoms with Gasteiger partial charge in [0.2, 0.25) is 11.9 Å². The molecule has 1 aliphatic heterocycles. The molecule has 32 heavy (non-hydrogen) atoms. The van der Waals surface area contributed by atoms with Crippen LogP contribution < -0.4 is 16.4 Å². The number of amides is 1. The van der Waals surface area contributed by atoms with Gasteiger partial charge in [0.05, 0.1) is 18.3 Å². The zero-order chi connectivity index (χ0) is 22.9. The van der Waals surface area contributed by atoms with Crippen LogP contribution in [0.3, 0.4) is 0 Å². The Kier molecular flexibility index (Phi) is 8.27. The summed E-state index contributed by atoms with van der Waals surface area (Å²) >= 11 is 0. The fourth-order valence-corrected chi connectivity index (χ4v) is 3.91. The Bertz CT molecular complexity index is 990. The fourth-order valence-electron chi connectivity index (χ4n) is 3.91. The molecular formula is C25H32N6O. The summed E-state index contributed by atoms with van der Waals surface area (Å²) in [6.07, 6.45) is 10.9. The Balaban J connectivity index is 1.68. The fraction of sp³-hybridized carbons (Fsp3) is 0.360. The van der Waals surface area contributed by atoms with Crippen LogP contribution in [0.1, 0.15) is 48.6 Å². The van der Waals surface area contributed by atoms with Crippen molar-refractivity contribution < 1.29 is 4.79 Å². The molecule has 0 unspecified atom stereocenters. The maximum Gasteiger partial charge on any atom is 0.227 e. The van der Waals surface area contributed by atoms with E-state index in [1.54, 1.807) is 12.2 Å². The lowest BCUT2D eigenvalue weighted by atomic mass is 9.94. The summed E-state index contributed by atoms with van der Waals surface area (Å²) in [6, 6.07) is 4.12. The maximum atomic E-state index is 11.3. The second-order valence-corrected chi connectivity index (χ2v) is 8.05. The molecule has 0 radical (unpaired) electrons. The SMILES string of the molecule is C=C/C(CCc1nc(Nc2ccc(C3CCNCC3)nc2)ncc1C)=C(\C=C)CC(N)=O. The van der Waals surface area contributed by atoms with E-state index in [-0.39, 0.29) is 12.3 Å². The van der Waals surface area contributed by atoms with Gasteiger partial charge in [0, 0.05) is 23.5 Å². The van der Waals surface area contributed by atoms with Crippen molar-refractivity contribution in [2.45, 2.75) is 44.9 Å². The number of allylic oxidation sites excluding steroid dienone is 3. The first-order valence-corrected chi connectivity index (χ1v) is 11.0. The third-order valence-electron chi connectivity index (χ3n) is 5.78. The summed E-state index contributed by atoms with van der Waals surface area (Å²) < 4.78 is 0. The highest BCUT2D eigenvalue weighted by Gasteiger charge is 2.16. The lowest BCUT2D eigenvalue weighted by Gasteiger charge is -2.22. The number of rotatable bonds is 10. The Labute approximate surface area is 190 Å². The molecule has 1 saturated heterocycles. The van der Waals surface area contributed by atoms with Crippen LogP contribution in [0.5, 0.6) is 0 Å². The van der Waals surface area contributed by atoms with Crippen LogP contribution in [0.2, 0.25) is 0 Å². The Morgan fingerprint density at radius 1 is 1.19 bits per heavy atom. The summed E-state index contributed by atoms with van der Waals surface area (Å²) in [7, 11) is 0. The minimum atomic E-state index is -0.385. The molecule has 1 amide bonds. The van der Waals surface area contributed by atoms with E-state index in [1.165, 1.54) is 0 Å². The molecule has 0 atom stereocenters. The van der Waals surface area contributed by atoms with Crippen LogP contribution >= 0.6 is 0 Å². The van der Waals surface area contributed by atoms with Crippen molar-refractivity contribution in [2.75, 3.05) is 18.4 Å². The Hall–Kier alpha value is -3.32.